The van der Waals surface area contributed by atoms with Crippen molar-refractivity contribution in [3.8, 4) is 0 Å². The van der Waals surface area contributed by atoms with Crippen molar-refractivity contribution in [2.75, 3.05) is 13.7 Å². The lowest BCUT2D eigenvalue weighted by molar-refractivity contribution is -0.140. The molecule has 1 aliphatic rings. The van der Waals surface area contributed by atoms with E-state index in [9.17, 15) is 9.59 Å². The molecule has 2 rings (SSSR count). The van der Waals surface area contributed by atoms with Crippen LogP contribution in [0.3, 0.4) is 0 Å². The van der Waals surface area contributed by atoms with Gasteiger partial charge in [-0.3, -0.25) is 19.2 Å². The van der Waals surface area contributed by atoms with E-state index in [0.717, 1.165) is 6.42 Å². The molecule has 0 bridgehead atoms. The van der Waals surface area contributed by atoms with Crippen molar-refractivity contribution in [1.29, 1.82) is 0 Å². The molecule has 8 nitrogen and oxygen atoms in total. The van der Waals surface area contributed by atoms with Crippen molar-refractivity contribution in [3.05, 3.63) is 11.9 Å². The third-order valence-electron chi connectivity index (χ3n) is 4.11. The lowest BCUT2D eigenvalue weighted by Gasteiger charge is -2.25. The molecule has 0 radical (unpaired) electrons. The highest BCUT2D eigenvalue weighted by Gasteiger charge is 2.35. The standard InChI is InChI=1S/C17H28N4O3.C2H6.CH5NS/c1-12(2)6-7-24-17(4,5)11-20-9-14(18-19-20)10-21-15(22)8-13(3)16(21)23;1-2;1-2-3/h9,12-13H,6-8,10-11H2,1-5H3;1-2H3;2-3H,1H3. The summed E-state index contributed by atoms with van der Waals surface area (Å²) >= 11 is 3.54. The molecule has 0 aliphatic carbocycles. The quantitative estimate of drug-likeness (QED) is 0.488. The molecule has 29 heavy (non-hydrogen) atoms. The molecule has 0 spiro atoms. The predicted octanol–water partition coefficient (Wildman–Crippen LogP) is 3.09. The van der Waals surface area contributed by atoms with Gasteiger partial charge in [0.25, 0.3) is 0 Å². The van der Waals surface area contributed by atoms with Crippen molar-refractivity contribution >= 4 is 24.6 Å². The van der Waals surface area contributed by atoms with Gasteiger partial charge in [0.05, 0.1) is 24.9 Å². The first kappa shape index (κ1) is 27.5. The maximum Gasteiger partial charge on any atom is 0.232 e. The van der Waals surface area contributed by atoms with E-state index < -0.39 is 0 Å². The van der Waals surface area contributed by atoms with E-state index in [4.69, 9.17) is 4.74 Å². The Kier molecular flexibility index (Phi) is 13.0. The van der Waals surface area contributed by atoms with E-state index in [2.05, 4.69) is 41.7 Å². The molecular weight excluding hydrogens is 390 g/mol. The van der Waals surface area contributed by atoms with Gasteiger partial charge >= 0.3 is 0 Å². The first-order valence-corrected chi connectivity index (χ1v) is 10.7. The maximum atomic E-state index is 12.0. The summed E-state index contributed by atoms with van der Waals surface area (Å²) in [6.45, 7) is 15.6. The molecule has 168 valence electrons. The number of nitrogens with zero attached hydrogens (tertiary/aromatic N) is 4. The number of likely N-dealkylation sites (tertiary alicyclic amines) is 1. The van der Waals surface area contributed by atoms with Gasteiger partial charge in [0.2, 0.25) is 11.8 Å². The number of imide groups is 1. The van der Waals surface area contributed by atoms with Gasteiger partial charge in [-0.1, -0.05) is 52.6 Å². The molecule has 1 unspecified atom stereocenters. The topological polar surface area (TPSA) is 89.4 Å². The summed E-state index contributed by atoms with van der Waals surface area (Å²) in [5.41, 5.74) is 0.261. The second-order valence-corrected chi connectivity index (χ2v) is 8.29. The number of carbonyl (C=O) groups is 2. The Morgan fingerprint density at radius 2 is 1.93 bits per heavy atom. The summed E-state index contributed by atoms with van der Waals surface area (Å²) in [5.74, 6) is 0.101. The predicted molar refractivity (Wildman–Crippen MR) is 118 cm³/mol. The molecule has 1 aromatic rings. The highest BCUT2D eigenvalue weighted by molar-refractivity contribution is 7.78. The fourth-order valence-corrected chi connectivity index (χ4v) is 2.67. The molecule has 9 heteroatoms. The van der Waals surface area contributed by atoms with Gasteiger partial charge in [0, 0.05) is 18.9 Å². The maximum absolute atomic E-state index is 12.0. The Morgan fingerprint density at radius 1 is 1.34 bits per heavy atom. The van der Waals surface area contributed by atoms with Crippen LogP contribution in [0.25, 0.3) is 0 Å². The molecule has 1 atom stereocenters. The van der Waals surface area contributed by atoms with Crippen LogP contribution in [0.1, 0.15) is 67.0 Å². The number of nitrogens with one attached hydrogen (secondary N) is 1. The summed E-state index contributed by atoms with van der Waals surface area (Å²) in [5, 5.41) is 8.17. The molecule has 1 N–H and O–H groups in total. The number of aromatic nitrogens is 3. The van der Waals surface area contributed by atoms with E-state index in [-0.39, 0.29) is 36.3 Å². The van der Waals surface area contributed by atoms with Gasteiger partial charge in [-0.15, -0.1) is 5.10 Å². The van der Waals surface area contributed by atoms with E-state index in [1.165, 1.54) is 4.90 Å². The first-order valence-electron chi connectivity index (χ1n) is 10.3. The fraction of sp³-hybridized carbons (Fsp3) is 0.800. The summed E-state index contributed by atoms with van der Waals surface area (Å²) in [7, 11) is 1.74. The van der Waals surface area contributed by atoms with Gasteiger partial charge in [0.15, 0.2) is 0 Å². The van der Waals surface area contributed by atoms with Crippen molar-refractivity contribution in [1.82, 2.24) is 24.6 Å². The smallest absolute Gasteiger partial charge is 0.232 e. The Morgan fingerprint density at radius 3 is 2.41 bits per heavy atom. The highest BCUT2D eigenvalue weighted by Crippen LogP contribution is 2.21. The van der Waals surface area contributed by atoms with Gasteiger partial charge in [-0.05, 0) is 33.2 Å². The third-order valence-corrected chi connectivity index (χ3v) is 4.11. The second-order valence-electron chi connectivity index (χ2n) is 7.85. The van der Waals surface area contributed by atoms with Gasteiger partial charge in [0.1, 0.15) is 5.69 Å². The largest absolute Gasteiger partial charge is 0.374 e. The minimum Gasteiger partial charge on any atom is -0.374 e. The molecule has 1 aliphatic heterocycles. The van der Waals surface area contributed by atoms with Crippen molar-refractivity contribution < 1.29 is 14.3 Å². The summed E-state index contributed by atoms with van der Waals surface area (Å²) in [6, 6.07) is 0. The number of hydrogen-bond acceptors (Lipinski definition) is 7. The number of thiol groups is 1. The normalized spacial score (nSPS) is 16.5. The zero-order valence-electron chi connectivity index (χ0n) is 19.2. The first-order chi connectivity index (χ1) is 13.6. The van der Waals surface area contributed by atoms with Crippen LogP contribution in [0.15, 0.2) is 6.20 Å². The van der Waals surface area contributed by atoms with E-state index in [0.29, 0.717) is 24.8 Å². The summed E-state index contributed by atoms with van der Waals surface area (Å²) < 4.78 is 10.1. The SMILES string of the molecule is CC.CC(C)CCOC(C)(C)Cn1cc(CN2C(=O)CC(C)C2=O)nn1.CNS. The van der Waals surface area contributed by atoms with Gasteiger partial charge in [-0.2, -0.15) is 0 Å². The molecule has 2 amide bonds. The van der Waals surface area contributed by atoms with Crippen LogP contribution in [-0.4, -0.2) is 51.0 Å². The van der Waals surface area contributed by atoms with Crippen LogP contribution < -0.4 is 4.72 Å². The third kappa shape index (κ3) is 10.2. The van der Waals surface area contributed by atoms with Crippen LogP contribution in [-0.2, 0) is 27.4 Å². The number of ether oxygens (including phenoxy) is 1. The van der Waals surface area contributed by atoms with E-state index in [1.807, 2.05) is 27.7 Å². The lowest BCUT2D eigenvalue weighted by Crippen LogP contribution is -2.31. The molecule has 0 saturated carbocycles. The zero-order chi connectivity index (χ0) is 22.6. The highest BCUT2D eigenvalue weighted by atomic mass is 32.1. The fourth-order valence-electron chi connectivity index (χ4n) is 2.67. The average Bonchev–Trinajstić information content (AvgIpc) is 3.16. The van der Waals surface area contributed by atoms with Gasteiger partial charge < -0.3 is 4.74 Å². The number of hydrogen-bond donors (Lipinski definition) is 2. The number of amides is 2. The van der Waals surface area contributed by atoms with Crippen LogP contribution in [0, 0.1) is 11.8 Å². The average molecular weight is 430 g/mol. The zero-order valence-corrected chi connectivity index (χ0v) is 20.1. The van der Waals surface area contributed by atoms with Crippen LogP contribution in [0.4, 0.5) is 0 Å². The molecule has 2 heterocycles. The molecule has 1 fully saturated rings. The number of carbonyl (C=O) groups excluding carboxylic acids is 2. The molecule has 0 aromatic carbocycles. The minimum atomic E-state index is -0.354. The number of rotatable bonds is 8. The lowest BCUT2D eigenvalue weighted by atomic mass is 10.1. The van der Waals surface area contributed by atoms with E-state index >= 15 is 0 Å². The van der Waals surface area contributed by atoms with Crippen molar-refractivity contribution in [2.45, 2.75) is 80.0 Å². The van der Waals surface area contributed by atoms with Crippen molar-refractivity contribution in [2.24, 2.45) is 11.8 Å². The Bertz CT molecular complexity index is 619. The van der Waals surface area contributed by atoms with Crippen LogP contribution in [0.2, 0.25) is 0 Å². The summed E-state index contributed by atoms with van der Waals surface area (Å²) in [6.07, 6.45) is 3.07. The van der Waals surface area contributed by atoms with Crippen LogP contribution in [0.5, 0.6) is 0 Å². The Balaban J connectivity index is 0.00000143. The second kappa shape index (κ2) is 13.7. The van der Waals surface area contributed by atoms with Gasteiger partial charge in [-0.25, -0.2) is 4.68 Å². The molecule has 1 aromatic heterocycles. The monoisotopic (exact) mass is 429 g/mol. The summed E-state index contributed by atoms with van der Waals surface area (Å²) in [4.78, 5) is 25.1. The van der Waals surface area contributed by atoms with Crippen LogP contribution >= 0.6 is 12.8 Å². The minimum absolute atomic E-state index is 0.133. The Labute approximate surface area is 181 Å². The molecule has 1 saturated heterocycles. The Hall–Kier alpha value is -1.45. The molecular formula is C20H39N5O3S. The van der Waals surface area contributed by atoms with Crippen molar-refractivity contribution in [3.63, 3.8) is 0 Å². The van der Waals surface area contributed by atoms with E-state index in [1.54, 1.807) is 24.9 Å².